The Bertz CT molecular complexity index is 231. The van der Waals surface area contributed by atoms with Gasteiger partial charge in [-0.05, 0) is 20.3 Å². The van der Waals surface area contributed by atoms with Crippen LogP contribution in [0, 0.1) is 0 Å². The molecule has 0 aliphatic carbocycles. The smallest absolute Gasteiger partial charge is 0.321 e. The van der Waals surface area contributed by atoms with Crippen LogP contribution in [-0.2, 0) is 4.79 Å². The molecule has 0 bridgehead atoms. The van der Waals surface area contributed by atoms with Crippen LogP contribution in [0.4, 0.5) is 4.79 Å². The number of hydrogen-bond donors (Lipinski definition) is 3. The number of hydrogen-bond acceptors (Lipinski definition) is 4. The summed E-state index contributed by atoms with van der Waals surface area (Å²) in [6.07, 6.45) is 0.617. The summed E-state index contributed by atoms with van der Waals surface area (Å²) in [4.78, 5) is 24.2. The third-order valence-electron chi connectivity index (χ3n) is 2.16. The lowest BCUT2D eigenvalue weighted by atomic mass is 10.3. The van der Waals surface area contributed by atoms with Gasteiger partial charge in [-0.25, -0.2) is 4.79 Å². The Morgan fingerprint density at radius 1 is 1.38 bits per heavy atom. The fraction of sp³-hybridized carbons (Fsp3) is 0.800. The molecule has 0 aromatic carbocycles. The SMILES string of the molecule is CNC(=O)NC(=O)CN(CCCO)C(C)C. The average Bonchev–Trinajstić information content (AvgIpc) is 2.23. The summed E-state index contributed by atoms with van der Waals surface area (Å²) in [7, 11) is 1.45. The second-order valence-corrected chi connectivity index (χ2v) is 3.77. The van der Waals surface area contributed by atoms with Crippen LogP contribution in [0.5, 0.6) is 0 Å². The molecule has 0 unspecified atom stereocenters. The van der Waals surface area contributed by atoms with Crippen molar-refractivity contribution >= 4 is 11.9 Å². The summed E-state index contributed by atoms with van der Waals surface area (Å²) in [6.45, 7) is 4.82. The van der Waals surface area contributed by atoms with Crippen molar-refractivity contribution in [1.29, 1.82) is 0 Å². The predicted molar refractivity (Wildman–Crippen MR) is 61.0 cm³/mol. The Kier molecular flexibility index (Phi) is 7.49. The molecule has 0 aromatic rings. The number of nitrogens with one attached hydrogen (secondary N) is 2. The number of imide groups is 1. The zero-order valence-corrected chi connectivity index (χ0v) is 10.1. The summed E-state index contributed by atoms with van der Waals surface area (Å²) in [5.41, 5.74) is 0. The van der Waals surface area contributed by atoms with Gasteiger partial charge in [-0.2, -0.15) is 0 Å². The van der Waals surface area contributed by atoms with Crippen molar-refractivity contribution in [3.05, 3.63) is 0 Å². The van der Waals surface area contributed by atoms with E-state index in [2.05, 4.69) is 10.6 Å². The zero-order chi connectivity index (χ0) is 12.6. The highest BCUT2D eigenvalue weighted by Crippen LogP contribution is 1.98. The molecule has 0 saturated heterocycles. The van der Waals surface area contributed by atoms with Crippen LogP contribution < -0.4 is 10.6 Å². The fourth-order valence-corrected chi connectivity index (χ4v) is 1.21. The molecule has 94 valence electrons. The van der Waals surface area contributed by atoms with Gasteiger partial charge in [0, 0.05) is 26.2 Å². The third kappa shape index (κ3) is 6.36. The maximum atomic E-state index is 11.4. The molecular formula is C10H21N3O3. The maximum absolute atomic E-state index is 11.4. The molecule has 3 amide bonds. The van der Waals surface area contributed by atoms with Crippen molar-refractivity contribution in [3.63, 3.8) is 0 Å². The highest BCUT2D eigenvalue weighted by Gasteiger charge is 2.14. The van der Waals surface area contributed by atoms with E-state index >= 15 is 0 Å². The molecule has 0 spiro atoms. The van der Waals surface area contributed by atoms with E-state index in [0.29, 0.717) is 13.0 Å². The summed E-state index contributed by atoms with van der Waals surface area (Å²) >= 11 is 0. The third-order valence-corrected chi connectivity index (χ3v) is 2.16. The summed E-state index contributed by atoms with van der Waals surface area (Å²) < 4.78 is 0. The average molecular weight is 231 g/mol. The predicted octanol–water partition coefficient (Wildman–Crippen LogP) is -0.465. The molecule has 6 heteroatoms. The first-order valence-corrected chi connectivity index (χ1v) is 5.37. The first-order valence-electron chi connectivity index (χ1n) is 5.37. The molecule has 0 heterocycles. The van der Waals surface area contributed by atoms with Crippen LogP contribution in [0.15, 0.2) is 0 Å². The van der Waals surface area contributed by atoms with Crippen LogP contribution in [0.25, 0.3) is 0 Å². The largest absolute Gasteiger partial charge is 0.396 e. The van der Waals surface area contributed by atoms with Gasteiger partial charge < -0.3 is 10.4 Å². The van der Waals surface area contributed by atoms with E-state index in [4.69, 9.17) is 5.11 Å². The Hall–Kier alpha value is -1.14. The van der Waals surface area contributed by atoms with Gasteiger partial charge in [-0.1, -0.05) is 0 Å². The van der Waals surface area contributed by atoms with E-state index in [0.717, 1.165) is 0 Å². The normalized spacial score (nSPS) is 10.6. The van der Waals surface area contributed by atoms with Gasteiger partial charge in [-0.3, -0.25) is 15.0 Å². The summed E-state index contributed by atoms with van der Waals surface area (Å²) in [5, 5.41) is 13.2. The van der Waals surface area contributed by atoms with E-state index in [1.165, 1.54) is 7.05 Å². The highest BCUT2D eigenvalue weighted by molar-refractivity contribution is 5.95. The van der Waals surface area contributed by atoms with E-state index in [9.17, 15) is 9.59 Å². The Morgan fingerprint density at radius 3 is 2.44 bits per heavy atom. The minimum absolute atomic E-state index is 0.0975. The zero-order valence-electron chi connectivity index (χ0n) is 10.1. The molecule has 0 saturated carbocycles. The molecule has 6 nitrogen and oxygen atoms in total. The molecule has 0 aliphatic heterocycles. The van der Waals surface area contributed by atoms with Gasteiger partial charge in [0.05, 0.1) is 6.54 Å². The van der Waals surface area contributed by atoms with Gasteiger partial charge in [-0.15, -0.1) is 0 Å². The number of carbonyl (C=O) groups excluding carboxylic acids is 2. The topological polar surface area (TPSA) is 81.7 Å². The fourth-order valence-electron chi connectivity index (χ4n) is 1.21. The number of amides is 3. The van der Waals surface area contributed by atoms with Crippen LogP contribution in [0.1, 0.15) is 20.3 Å². The quantitative estimate of drug-likeness (QED) is 0.577. The van der Waals surface area contributed by atoms with Crippen molar-refractivity contribution in [1.82, 2.24) is 15.5 Å². The summed E-state index contributed by atoms with van der Waals surface area (Å²) in [5.74, 6) is -0.342. The number of carbonyl (C=O) groups is 2. The van der Waals surface area contributed by atoms with E-state index in [1.807, 2.05) is 18.7 Å². The minimum atomic E-state index is -0.504. The van der Waals surface area contributed by atoms with Gasteiger partial charge in [0.15, 0.2) is 0 Å². The van der Waals surface area contributed by atoms with E-state index < -0.39 is 6.03 Å². The second-order valence-electron chi connectivity index (χ2n) is 3.77. The molecule has 0 fully saturated rings. The van der Waals surface area contributed by atoms with Crippen LogP contribution in [-0.4, -0.2) is 54.7 Å². The standard InChI is InChI=1S/C10H21N3O3/c1-8(2)13(5-4-6-14)7-9(15)12-10(16)11-3/h8,14H,4-7H2,1-3H3,(H2,11,12,15,16). The Labute approximate surface area is 96.0 Å². The number of rotatable bonds is 6. The lowest BCUT2D eigenvalue weighted by molar-refractivity contribution is -0.121. The Balaban J connectivity index is 4.07. The van der Waals surface area contributed by atoms with E-state index in [-0.39, 0.29) is 25.1 Å². The molecule has 0 aliphatic rings. The minimum Gasteiger partial charge on any atom is -0.396 e. The van der Waals surface area contributed by atoms with Gasteiger partial charge in [0.1, 0.15) is 0 Å². The van der Waals surface area contributed by atoms with Gasteiger partial charge in [0.2, 0.25) is 5.91 Å². The number of nitrogens with zero attached hydrogens (tertiary/aromatic N) is 1. The van der Waals surface area contributed by atoms with Crippen molar-refractivity contribution in [2.24, 2.45) is 0 Å². The van der Waals surface area contributed by atoms with Crippen molar-refractivity contribution < 1.29 is 14.7 Å². The molecule has 0 rings (SSSR count). The monoisotopic (exact) mass is 231 g/mol. The lowest BCUT2D eigenvalue weighted by Crippen LogP contribution is -2.45. The molecule has 16 heavy (non-hydrogen) atoms. The number of aliphatic hydroxyl groups is 1. The van der Waals surface area contributed by atoms with Crippen molar-refractivity contribution in [3.8, 4) is 0 Å². The van der Waals surface area contributed by atoms with Crippen LogP contribution in [0.3, 0.4) is 0 Å². The lowest BCUT2D eigenvalue weighted by Gasteiger charge is -2.25. The maximum Gasteiger partial charge on any atom is 0.321 e. The second kappa shape index (κ2) is 8.06. The molecule has 0 atom stereocenters. The molecule has 0 aromatic heterocycles. The number of aliphatic hydroxyl groups excluding tert-OH is 1. The van der Waals surface area contributed by atoms with Crippen molar-refractivity contribution in [2.75, 3.05) is 26.7 Å². The van der Waals surface area contributed by atoms with E-state index in [1.54, 1.807) is 0 Å². The molecular weight excluding hydrogens is 210 g/mol. The first kappa shape index (κ1) is 14.9. The molecule has 3 N–H and O–H groups in total. The Morgan fingerprint density at radius 2 is 2.00 bits per heavy atom. The number of urea groups is 1. The van der Waals surface area contributed by atoms with Crippen molar-refractivity contribution in [2.45, 2.75) is 26.3 Å². The molecule has 0 radical (unpaired) electrons. The van der Waals surface area contributed by atoms with Crippen LogP contribution in [0.2, 0.25) is 0 Å². The highest BCUT2D eigenvalue weighted by atomic mass is 16.3. The van der Waals surface area contributed by atoms with Gasteiger partial charge >= 0.3 is 6.03 Å². The van der Waals surface area contributed by atoms with Crippen LogP contribution >= 0.6 is 0 Å². The summed E-state index contributed by atoms with van der Waals surface area (Å²) in [6, 6.07) is -0.308. The van der Waals surface area contributed by atoms with Gasteiger partial charge in [0.25, 0.3) is 0 Å². The first-order chi connectivity index (χ1) is 7.51.